The van der Waals surface area contributed by atoms with Crippen LogP contribution in [0, 0.1) is 0 Å². The molecule has 0 aliphatic heterocycles. The second kappa shape index (κ2) is 9.88. The Hall–Kier alpha value is -4.98. The largest absolute Gasteiger partial charge is 0.273 e. The summed E-state index contributed by atoms with van der Waals surface area (Å²) in [5, 5.41) is 8.87. The standard InChI is InChI=1S/C27H22N6O2/c34-26(22-16-28-32(18-22)17-20-10-4-1-5-11-20)29-30-27(35)24-19-33(23-14-8-3-9-15-23)31-25(24)21-12-6-2-7-13-21/h1-16,18-19H,17H2,(H,29,34)(H,30,35). The molecule has 2 heterocycles. The Kier molecular flexibility index (Phi) is 6.17. The lowest BCUT2D eigenvalue weighted by Crippen LogP contribution is -2.41. The Morgan fingerprint density at radius 1 is 0.743 bits per heavy atom. The molecule has 0 aliphatic carbocycles. The van der Waals surface area contributed by atoms with E-state index < -0.39 is 11.8 Å². The summed E-state index contributed by atoms with van der Waals surface area (Å²) in [6.07, 6.45) is 4.75. The molecule has 0 saturated carbocycles. The number of carbonyl (C=O) groups is 2. The van der Waals surface area contributed by atoms with E-state index in [0.717, 1.165) is 16.8 Å². The van der Waals surface area contributed by atoms with Gasteiger partial charge in [0, 0.05) is 18.0 Å². The van der Waals surface area contributed by atoms with E-state index in [1.54, 1.807) is 21.8 Å². The fourth-order valence-electron chi connectivity index (χ4n) is 3.65. The van der Waals surface area contributed by atoms with Gasteiger partial charge in [-0.15, -0.1) is 0 Å². The van der Waals surface area contributed by atoms with Gasteiger partial charge < -0.3 is 0 Å². The molecule has 8 heteroatoms. The van der Waals surface area contributed by atoms with Gasteiger partial charge in [0.15, 0.2) is 0 Å². The van der Waals surface area contributed by atoms with E-state index in [1.165, 1.54) is 6.20 Å². The maximum Gasteiger partial charge on any atom is 0.273 e. The van der Waals surface area contributed by atoms with E-state index in [4.69, 9.17) is 0 Å². The molecule has 0 fully saturated rings. The van der Waals surface area contributed by atoms with E-state index in [-0.39, 0.29) is 0 Å². The van der Waals surface area contributed by atoms with Crippen molar-refractivity contribution in [1.82, 2.24) is 30.4 Å². The molecule has 35 heavy (non-hydrogen) atoms. The lowest BCUT2D eigenvalue weighted by Gasteiger charge is -2.06. The Labute approximate surface area is 201 Å². The summed E-state index contributed by atoms with van der Waals surface area (Å²) >= 11 is 0. The van der Waals surface area contributed by atoms with Crippen molar-refractivity contribution >= 4 is 11.8 Å². The summed E-state index contributed by atoms with van der Waals surface area (Å²) in [6, 6.07) is 28.8. The molecule has 0 unspecified atom stereocenters. The number of nitrogens with one attached hydrogen (secondary N) is 2. The van der Waals surface area contributed by atoms with E-state index >= 15 is 0 Å². The number of hydrogen-bond donors (Lipinski definition) is 2. The number of nitrogens with zero attached hydrogens (tertiary/aromatic N) is 4. The molecule has 2 aromatic heterocycles. The van der Waals surface area contributed by atoms with E-state index in [9.17, 15) is 9.59 Å². The Morgan fingerprint density at radius 3 is 2.09 bits per heavy atom. The molecule has 5 rings (SSSR count). The Bertz CT molecular complexity index is 1440. The second-order valence-electron chi connectivity index (χ2n) is 7.86. The number of aromatic nitrogens is 4. The molecule has 0 bridgehead atoms. The van der Waals surface area contributed by atoms with Crippen molar-refractivity contribution in [3.05, 3.63) is 126 Å². The number of carbonyl (C=O) groups excluding carboxylic acids is 2. The topological polar surface area (TPSA) is 93.8 Å². The van der Waals surface area contributed by atoms with Crippen LogP contribution in [0.1, 0.15) is 26.3 Å². The number of amides is 2. The van der Waals surface area contributed by atoms with E-state index in [2.05, 4.69) is 21.0 Å². The maximum absolute atomic E-state index is 13.1. The van der Waals surface area contributed by atoms with Crippen molar-refractivity contribution in [1.29, 1.82) is 0 Å². The number of rotatable bonds is 6. The Balaban J connectivity index is 1.31. The van der Waals surface area contributed by atoms with Crippen LogP contribution in [0.3, 0.4) is 0 Å². The van der Waals surface area contributed by atoms with Crippen LogP contribution in [0.2, 0.25) is 0 Å². The normalized spacial score (nSPS) is 10.6. The summed E-state index contributed by atoms with van der Waals surface area (Å²) in [5.41, 5.74) is 8.84. The zero-order valence-corrected chi connectivity index (χ0v) is 18.7. The molecule has 0 aliphatic rings. The van der Waals surface area contributed by atoms with Crippen LogP contribution in [-0.4, -0.2) is 31.4 Å². The number of para-hydroxylation sites is 1. The minimum atomic E-state index is -0.476. The molecule has 2 amide bonds. The number of benzene rings is 3. The first-order valence-corrected chi connectivity index (χ1v) is 11.0. The van der Waals surface area contributed by atoms with Gasteiger partial charge in [-0.25, -0.2) is 4.68 Å². The minimum absolute atomic E-state index is 0.333. The van der Waals surface area contributed by atoms with E-state index in [1.807, 2.05) is 91.0 Å². The summed E-state index contributed by atoms with van der Waals surface area (Å²) in [4.78, 5) is 25.7. The smallest absolute Gasteiger partial charge is 0.268 e. The summed E-state index contributed by atoms with van der Waals surface area (Å²) in [5.74, 6) is -0.939. The van der Waals surface area contributed by atoms with Crippen LogP contribution in [-0.2, 0) is 6.54 Å². The van der Waals surface area contributed by atoms with Crippen LogP contribution in [0.25, 0.3) is 16.9 Å². The summed E-state index contributed by atoms with van der Waals surface area (Å²) < 4.78 is 3.32. The number of hydrazine groups is 1. The van der Waals surface area contributed by atoms with Crippen molar-refractivity contribution < 1.29 is 9.59 Å². The van der Waals surface area contributed by atoms with Gasteiger partial charge in [-0.1, -0.05) is 78.9 Å². The lowest BCUT2D eigenvalue weighted by atomic mass is 10.1. The molecule has 3 aromatic carbocycles. The highest BCUT2D eigenvalue weighted by Gasteiger charge is 2.19. The van der Waals surface area contributed by atoms with Gasteiger partial charge in [-0.2, -0.15) is 10.2 Å². The first kappa shape index (κ1) is 21.8. The third-order valence-electron chi connectivity index (χ3n) is 5.40. The van der Waals surface area contributed by atoms with Crippen molar-refractivity contribution in [2.45, 2.75) is 6.54 Å². The number of hydrogen-bond acceptors (Lipinski definition) is 4. The summed E-state index contributed by atoms with van der Waals surface area (Å²) in [6.45, 7) is 0.541. The maximum atomic E-state index is 13.1. The zero-order valence-electron chi connectivity index (χ0n) is 18.7. The SMILES string of the molecule is O=C(NNC(=O)c1cn(-c2ccccc2)nc1-c1ccccc1)c1cnn(Cc2ccccc2)c1. The molecular weight excluding hydrogens is 440 g/mol. The molecule has 172 valence electrons. The lowest BCUT2D eigenvalue weighted by molar-refractivity contribution is 0.0847. The quantitative estimate of drug-likeness (QED) is 0.375. The van der Waals surface area contributed by atoms with Gasteiger partial charge in [0.2, 0.25) is 0 Å². The molecule has 8 nitrogen and oxygen atoms in total. The zero-order chi connectivity index (χ0) is 24.0. The van der Waals surface area contributed by atoms with Gasteiger partial charge in [0.1, 0.15) is 5.69 Å². The van der Waals surface area contributed by atoms with Crippen LogP contribution in [0.4, 0.5) is 0 Å². The molecule has 0 radical (unpaired) electrons. The first-order valence-electron chi connectivity index (χ1n) is 11.0. The Morgan fingerprint density at radius 2 is 1.37 bits per heavy atom. The minimum Gasteiger partial charge on any atom is -0.268 e. The highest BCUT2D eigenvalue weighted by Crippen LogP contribution is 2.23. The monoisotopic (exact) mass is 462 g/mol. The molecule has 5 aromatic rings. The average Bonchev–Trinajstić information content (AvgIpc) is 3.57. The molecule has 0 saturated heterocycles. The van der Waals surface area contributed by atoms with Gasteiger partial charge >= 0.3 is 0 Å². The van der Waals surface area contributed by atoms with Crippen molar-refractivity contribution in [2.24, 2.45) is 0 Å². The van der Waals surface area contributed by atoms with Gasteiger partial charge in [-0.05, 0) is 17.7 Å². The van der Waals surface area contributed by atoms with Crippen LogP contribution in [0.15, 0.2) is 110 Å². The average molecular weight is 463 g/mol. The fraction of sp³-hybridized carbons (Fsp3) is 0.0370. The van der Waals surface area contributed by atoms with Gasteiger partial charge in [-0.3, -0.25) is 25.1 Å². The predicted octanol–water partition coefficient (Wildman–Crippen LogP) is 3.86. The summed E-state index contributed by atoms with van der Waals surface area (Å²) in [7, 11) is 0. The third kappa shape index (κ3) is 5.01. The highest BCUT2D eigenvalue weighted by molar-refractivity contribution is 6.02. The van der Waals surface area contributed by atoms with Gasteiger partial charge in [0.05, 0.1) is 29.6 Å². The second-order valence-corrected chi connectivity index (χ2v) is 7.86. The first-order chi connectivity index (χ1) is 17.2. The highest BCUT2D eigenvalue weighted by atomic mass is 16.2. The van der Waals surface area contributed by atoms with Crippen molar-refractivity contribution in [3.8, 4) is 16.9 Å². The van der Waals surface area contributed by atoms with Crippen LogP contribution in [0.5, 0.6) is 0 Å². The fourth-order valence-corrected chi connectivity index (χ4v) is 3.65. The van der Waals surface area contributed by atoms with Crippen LogP contribution >= 0.6 is 0 Å². The molecule has 0 spiro atoms. The van der Waals surface area contributed by atoms with E-state index in [0.29, 0.717) is 23.4 Å². The van der Waals surface area contributed by atoms with Crippen LogP contribution < -0.4 is 10.9 Å². The van der Waals surface area contributed by atoms with Crippen molar-refractivity contribution in [3.63, 3.8) is 0 Å². The van der Waals surface area contributed by atoms with Crippen molar-refractivity contribution in [2.75, 3.05) is 0 Å². The predicted molar refractivity (Wildman–Crippen MR) is 132 cm³/mol. The molecular formula is C27H22N6O2. The molecule has 0 atom stereocenters. The molecule has 2 N–H and O–H groups in total. The third-order valence-corrected chi connectivity index (χ3v) is 5.40. The van der Waals surface area contributed by atoms with Gasteiger partial charge in [0.25, 0.3) is 11.8 Å².